The number of para-hydroxylation sites is 2. The van der Waals surface area contributed by atoms with Crippen molar-refractivity contribution in [2.75, 3.05) is 5.75 Å². The molecule has 122 valence electrons. The Kier molecular flexibility index (Phi) is 4.86. The van der Waals surface area contributed by atoms with E-state index in [1.54, 1.807) is 4.57 Å². The molecule has 0 N–H and O–H groups in total. The molecule has 3 rings (SSSR count). The van der Waals surface area contributed by atoms with Crippen LogP contribution in [0.15, 0.2) is 71.1 Å². The summed E-state index contributed by atoms with van der Waals surface area (Å²) in [5.41, 5.74) is 2.74. The van der Waals surface area contributed by atoms with Crippen LogP contribution in [0.2, 0.25) is 0 Å². The van der Waals surface area contributed by atoms with Crippen LogP contribution in [0.1, 0.15) is 25.3 Å². The van der Waals surface area contributed by atoms with Crippen molar-refractivity contribution in [2.24, 2.45) is 0 Å². The predicted octanol–water partition coefficient (Wildman–Crippen LogP) is 4.79. The molecule has 1 heterocycles. The summed E-state index contributed by atoms with van der Waals surface area (Å²) in [5.74, 6) is 1.02. The second-order valence-electron chi connectivity index (χ2n) is 5.87. The maximum atomic E-state index is 13.2. The van der Waals surface area contributed by atoms with E-state index in [9.17, 15) is 4.79 Å². The molecule has 4 heteroatoms. The second-order valence-corrected chi connectivity index (χ2v) is 6.85. The van der Waals surface area contributed by atoms with Crippen LogP contribution in [0.4, 0.5) is 0 Å². The van der Waals surface area contributed by atoms with Crippen molar-refractivity contribution in [3.05, 3.63) is 77.1 Å². The highest BCUT2D eigenvalue weighted by atomic mass is 32.2. The van der Waals surface area contributed by atoms with E-state index < -0.39 is 0 Å². The van der Waals surface area contributed by atoms with Crippen molar-refractivity contribution in [2.45, 2.75) is 24.9 Å². The topological polar surface area (TPSA) is 34.9 Å². The fourth-order valence-corrected chi connectivity index (χ4v) is 3.47. The fraction of sp³-hybridized carbons (Fsp3) is 0.200. The van der Waals surface area contributed by atoms with Crippen LogP contribution in [-0.4, -0.2) is 15.3 Å². The molecule has 0 fully saturated rings. The first kappa shape index (κ1) is 16.5. The number of aromatic nitrogens is 2. The quantitative estimate of drug-likeness (QED) is 0.382. The summed E-state index contributed by atoms with van der Waals surface area (Å²) >= 11 is 1.53. The number of hydrogen-bond donors (Lipinski definition) is 0. The zero-order valence-corrected chi connectivity index (χ0v) is 14.7. The van der Waals surface area contributed by atoms with E-state index in [0.29, 0.717) is 22.2 Å². The average molecular weight is 336 g/mol. The Morgan fingerprint density at radius 3 is 2.62 bits per heavy atom. The first-order valence-corrected chi connectivity index (χ1v) is 8.97. The molecule has 2 aromatic carbocycles. The highest BCUT2D eigenvalue weighted by Crippen LogP contribution is 2.26. The third kappa shape index (κ3) is 3.02. The Morgan fingerprint density at radius 2 is 1.88 bits per heavy atom. The van der Waals surface area contributed by atoms with Crippen LogP contribution in [0.3, 0.4) is 0 Å². The van der Waals surface area contributed by atoms with Crippen molar-refractivity contribution in [3.8, 4) is 5.69 Å². The van der Waals surface area contributed by atoms with Gasteiger partial charge in [0.15, 0.2) is 5.16 Å². The number of nitrogens with zero attached hydrogens (tertiary/aromatic N) is 2. The van der Waals surface area contributed by atoms with Gasteiger partial charge in [0, 0.05) is 5.75 Å². The van der Waals surface area contributed by atoms with Crippen molar-refractivity contribution < 1.29 is 0 Å². The maximum Gasteiger partial charge on any atom is 0.266 e. The van der Waals surface area contributed by atoms with E-state index in [1.807, 2.05) is 48.5 Å². The van der Waals surface area contributed by atoms with Gasteiger partial charge in [-0.15, -0.1) is 6.58 Å². The third-order valence-corrected chi connectivity index (χ3v) is 4.81. The van der Waals surface area contributed by atoms with Gasteiger partial charge in [-0.3, -0.25) is 9.36 Å². The summed E-state index contributed by atoms with van der Waals surface area (Å²) in [6, 6.07) is 15.5. The lowest BCUT2D eigenvalue weighted by atomic mass is 10.0. The SMILES string of the molecule is C=CCSc1nc2ccccc2c(=O)n1-c1ccccc1C(C)C. The standard InChI is InChI=1S/C20H20N2OS/c1-4-13-24-20-21-17-11-7-5-10-16(17)19(23)22(20)18-12-8-6-9-15(18)14(2)3/h4-12,14H,1,13H2,2-3H3. The van der Waals surface area contributed by atoms with Crippen LogP contribution in [0.25, 0.3) is 16.6 Å². The molecule has 3 nitrogen and oxygen atoms in total. The maximum absolute atomic E-state index is 13.2. The van der Waals surface area contributed by atoms with E-state index in [0.717, 1.165) is 16.8 Å². The van der Waals surface area contributed by atoms with Crippen molar-refractivity contribution in [3.63, 3.8) is 0 Å². The summed E-state index contributed by atoms with van der Waals surface area (Å²) in [4.78, 5) is 17.9. The van der Waals surface area contributed by atoms with Gasteiger partial charge in [0.05, 0.1) is 16.6 Å². The Labute approximate surface area is 146 Å². The first-order valence-electron chi connectivity index (χ1n) is 7.98. The molecule has 0 spiro atoms. The van der Waals surface area contributed by atoms with E-state index in [-0.39, 0.29) is 5.56 Å². The van der Waals surface area contributed by atoms with Crippen molar-refractivity contribution in [1.82, 2.24) is 9.55 Å². The van der Waals surface area contributed by atoms with Gasteiger partial charge >= 0.3 is 0 Å². The summed E-state index contributed by atoms with van der Waals surface area (Å²) in [6.45, 7) is 8.04. The molecule has 0 bridgehead atoms. The molecule has 0 saturated heterocycles. The van der Waals surface area contributed by atoms with E-state index in [4.69, 9.17) is 4.98 Å². The lowest BCUT2D eigenvalue weighted by Crippen LogP contribution is -2.23. The lowest BCUT2D eigenvalue weighted by molar-refractivity contribution is 0.781. The summed E-state index contributed by atoms with van der Waals surface area (Å²) < 4.78 is 1.74. The van der Waals surface area contributed by atoms with Crippen molar-refractivity contribution in [1.29, 1.82) is 0 Å². The monoisotopic (exact) mass is 336 g/mol. The molecular formula is C20H20N2OS. The van der Waals surface area contributed by atoms with Gasteiger partial charge in [0.2, 0.25) is 0 Å². The molecule has 0 atom stereocenters. The van der Waals surface area contributed by atoms with Gasteiger partial charge in [-0.2, -0.15) is 0 Å². The number of hydrogen-bond acceptors (Lipinski definition) is 3. The lowest BCUT2D eigenvalue weighted by Gasteiger charge is -2.17. The molecule has 0 aliphatic carbocycles. The van der Waals surface area contributed by atoms with Gasteiger partial charge in [-0.05, 0) is 29.7 Å². The highest BCUT2D eigenvalue weighted by Gasteiger charge is 2.16. The Bertz CT molecular complexity index is 944. The van der Waals surface area contributed by atoms with Gasteiger partial charge in [0.1, 0.15) is 0 Å². The third-order valence-electron chi connectivity index (χ3n) is 3.87. The molecule has 0 amide bonds. The Morgan fingerprint density at radius 1 is 1.17 bits per heavy atom. The van der Waals surface area contributed by atoms with Gasteiger partial charge in [0.25, 0.3) is 5.56 Å². The summed E-state index contributed by atoms with van der Waals surface area (Å²) in [7, 11) is 0. The van der Waals surface area contributed by atoms with Crippen molar-refractivity contribution >= 4 is 22.7 Å². The molecule has 0 saturated carbocycles. The Hall–Kier alpha value is -2.33. The van der Waals surface area contributed by atoms with E-state index >= 15 is 0 Å². The molecule has 0 aliphatic rings. The number of thioether (sulfide) groups is 1. The minimum atomic E-state index is -0.0275. The van der Waals surface area contributed by atoms with Crippen LogP contribution < -0.4 is 5.56 Å². The second kappa shape index (κ2) is 7.05. The molecule has 24 heavy (non-hydrogen) atoms. The molecule has 1 aromatic heterocycles. The van der Waals surface area contributed by atoms with Gasteiger partial charge in [-0.25, -0.2) is 4.98 Å². The van der Waals surface area contributed by atoms with Gasteiger partial charge in [-0.1, -0.05) is 62.0 Å². The van der Waals surface area contributed by atoms with Gasteiger partial charge < -0.3 is 0 Å². The normalized spacial score (nSPS) is 11.1. The molecule has 0 unspecified atom stereocenters. The van der Waals surface area contributed by atoms with Crippen LogP contribution in [0.5, 0.6) is 0 Å². The van der Waals surface area contributed by atoms with E-state index in [2.05, 4.69) is 26.5 Å². The average Bonchev–Trinajstić information content (AvgIpc) is 2.60. The first-order chi connectivity index (χ1) is 11.6. The minimum absolute atomic E-state index is 0.0275. The van der Waals surface area contributed by atoms with Crippen LogP contribution in [-0.2, 0) is 0 Å². The summed E-state index contributed by atoms with van der Waals surface area (Å²) in [5, 5.41) is 1.34. The minimum Gasteiger partial charge on any atom is -0.268 e. The molecule has 0 aliphatic heterocycles. The molecule has 3 aromatic rings. The molecule has 0 radical (unpaired) electrons. The number of rotatable bonds is 5. The predicted molar refractivity (Wildman–Crippen MR) is 102 cm³/mol. The summed E-state index contributed by atoms with van der Waals surface area (Å²) in [6.07, 6.45) is 1.82. The number of benzene rings is 2. The zero-order valence-electron chi connectivity index (χ0n) is 13.9. The zero-order chi connectivity index (χ0) is 17.1. The smallest absolute Gasteiger partial charge is 0.266 e. The Balaban J connectivity index is 2.35. The van der Waals surface area contributed by atoms with Crippen LogP contribution >= 0.6 is 11.8 Å². The van der Waals surface area contributed by atoms with Crippen LogP contribution in [0, 0.1) is 0 Å². The number of fused-ring (bicyclic) bond motifs is 1. The largest absolute Gasteiger partial charge is 0.268 e. The molecular weight excluding hydrogens is 316 g/mol. The van der Waals surface area contributed by atoms with E-state index in [1.165, 1.54) is 11.8 Å². The fourth-order valence-electron chi connectivity index (χ4n) is 2.73. The highest BCUT2D eigenvalue weighted by molar-refractivity contribution is 7.99.